The third kappa shape index (κ3) is 1.62. The molecule has 5 atom stereocenters. The van der Waals surface area contributed by atoms with Crippen LogP contribution in [0.25, 0.3) is 0 Å². The molecule has 0 aromatic heterocycles. The van der Waals surface area contributed by atoms with E-state index in [0.29, 0.717) is 23.0 Å². The third-order valence-corrected chi connectivity index (χ3v) is 6.47. The summed E-state index contributed by atoms with van der Waals surface area (Å²) in [4.78, 5) is 12.4. The van der Waals surface area contributed by atoms with E-state index in [0.717, 1.165) is 30.3 Å². The zero-order valence-corrected chi connectivity index (χ0v) is 11.9. The highest BCUT2D eigenvalue weighted by molar-refractivity contribution is 5.97. The Hall–Kier alpha value is -0.590. The molecule has 18 heavy (non-hydrogen) atoms. The van der Waals surface area contributed by atoms with Gasteiger partial charge in [-0.3, -0.25) is 4.79 Å². The zero-order chi connectivity index (χ0) is 12.9. The Labute approximate surface area is 111 Å². The second kappa shape index (κ2) is 4.21. The topological polar surface area (TPSA) is 17.1 Å². The molecule has 0 N–H and O–H groups in total. The van der Waals surface area contributed by atoms with Gasteiger partial charge in [0.2, 0.25) is 0 Å². The predicted molar refractivity (Wildman–Crippen MR) is 74.2 cm³/mol. The molecule has 0 amide bonds. The van der Waals surface area contributed by atoms with Crippen LogP contribution in [0.2, 0.25) is 0 Å². The second-order valence-corrected chi connectivity index (χ2v) is 7.28. The van der Waals surface area contributed by atoms with Crippen molar-refractivity contribution in [3.63, 3.8) is 0 Å². The van der Waals surface area contributed by atoms with Crippen molar-refractivity contribution < 1.29 is 4.79 Å². The number of hydrogen-bond donors (Lipinski definition) is 0. The lowest BCUT2D eigenvalue weighted by atomic mass is 9.47. The number of Topliss-reactive ketones (excluding diaryl/α,β-unsaturated/α-hetero) is 1. The lowest BCUT2D eigenvalue weighted by molar-refractivity contribution is -0.134. The molecule has 0 bridgehead atoms. The lowest BCUT2D eigenvalue weighted by Crippen LogP contribution is -2.51. The number of rotatable bonds is 0. The normalized spacial score (nSPS) is 48.6. The number of ketones is 1. The molecule has 0 heterocycles. The molecule has 1 nitrogen and oxygen atoms in total. The smallest absolute Gasteiger partial charge is 0.161 e. The average molecular weight is 246 g/mol. The van der Waals surface area contributed by atoms with E-state index in [-0.39, 0.29) is 0 Å². The molecule has 3 rings (SSSR count). The van der Waals surface area contributed by atoms with Crippen LogP contribution in [0.3, 0.4) is 0 Å². The van der Waals surface area contributed by atoms with Crippen molar-refractivity contribution in [2.24, 2.45) is 29.1 Å². The van der Waals surface area contributed by atoms with Gasteiger partial charge in [-0.1, -0.05) is 33.3 Å². The Balaban J connectivity index is 1.92. The van der Waals surface area contributed by atoms with Gasteiger partial charge < -0.3 is 0 Å². The van der Waals surface area contributed by atoms with Crippen molar-refractivity contribution in [3.8, 4) is 0 Å². The van der Waals surface area contributed by atoms with Gasteiger partial charge in [0.25, 0.3) is 0 Å². The van der Waals surface area contributed by atoms with Gasteiger partial charge in [-0.2, -0.15) is 0 Å². The van der Waals surface area contributed by atoms with E-state index < -0.39 is 0 Å². The SMILES string of the molecule is C=C1CCC2C(CCC3[C@@H](C)CCCC23C)C1=O. The van der Waals surface area contributed by atoms with Crippen molar-refractivity contribution in [1.82, 2.24) is 0 Å². The van der Waals surface area contributed by atoms with Gasteiger partial charge in [0, 0.05) is 5.92 Å². The van der Waals surface area contributed by atoms with Crippen LogP contribution in [0.4, 0.5) is 0 Å². The maximum Gasteiger partial charge on any atom is 0.161 e. The molecule has 0 radical (unpaired) electrons. The van der Waals surface area contributed by atoms with E-state index in [4.69, 9.17) is 0 Å². The van der Waals surface area contributed by atoms with E-state index in [1.165, 1.54) is 32.1 Å². The molecule has 0 aromatic carbocycles. The summed E-state index contributed by atoms with van der Waals surface area (Å²) in [5.74, 6) is 3.11. The summed E-state index contributed by atoms with van der Waals surface area (Å²) in [5.41, 5.74) is 1.35. The summed E-state index contributed by atoms with van der Waals surface area (Å²) in [5, 5.41) is 0. The highest BCUT2D eigenvalue weighted by atomic mass is 16.1. The van der Waals surface area contributed by atoms with Gasteiger partial charge in [-0.05, 0) is 60.8 Å². The summed E-state index contributed by atoms with van der Waals surface area (Å²) in [6.45, 7) is 8.91. The van der Waals surface area contributed by atoms with Crippen LogP contribution < -0.4 is 0 Å². The van der Waals surface area contributed by atoms with Crippen molar-refractivity contribution >= 4 is 5.78 Å². The maximum atomic E-state index is 12.4. The van der Waals surface area contributed by atoms with Gasteiger partial charge in [-0.25, -0.2) is 0 Å². The summed E-state index contributed by atoms with van der Waals surface area (Å²) in [6.07, 6.45) is 8.70. The molecule has 0 aliphatic heterocycles. The van der Waals surface area contributed by atoms with Crippen LogP contribution in [0.1, 0.15) is 58.8 Å². The fourth-order valence-electron chi connectivity index (χ4n) is 5.50. The van der Waals surface area contributed by atoms with Crippen molar-refractivity contribution in [1.29, 1.82) is 0 Å². The quantitative estimate of drug-likeness (QED) is 0.580. The number of carbonyl (C=O) groups excluding carboxylic acids is 1. The minimum absolute atomic E-state index is 0.317. The van der Waals surface area contributed by atoms with Crippen molar-refractivity contribution in [3.05, 3.63) is 12.2 Å². The molecule has 3 aliphatic carbocycles. The molecule has 100 valence electrons. The number of allylic oxidation sites excluding steroid dienone is 1. The zero-order valence-electron chi connectivity index (χ0n) is 11.9. The fourth-order valence-corrected chi connectivity index (χ4v) is 5.50. The first-order valence-electron chi connectivity index (χ1n) is 7.76. The van der Waals surface area contributed by atoms with Crippen LogP contribution in [0.15, 0.2) is 12.2 Å². The van der Waals surface area contributed by atoms with Crippen molar-refractivity contribution in [2.75, 3.05) is 0 Å². The summed E-state index contributed by atoms with van der Waals surface area (Å²) in [6, 6.07) is 0. The van der Waals surface area contributed by atoms with Gasteiger partial charge in [0.15, 0.2) is 5.78 Å². The molecule has 0 saturated heterocycles. The van der Waals surface area contributed by atoms with Crippen LogP contribution in [0, 0.1) is 29.1 Å². The highest BCUT2D eigenvalue weighted by Crippen LogP contribution is 2.59. The third-order valence-electron chi connectivity index (χ3n) is 6.47. The first-order chi connectivity index (χ1) is 8.54. The number of hydrogen-bond acceptors (Lipinski definition) is 1. The van der Waals surface area contributed by atoms with E-state index in [1.54, 1.807) is 0 Å². The van der Waals surface area contributed by atoms with E-state index >= 15 is 0 Å². The van der Waals surface area contributed by atoms with Crippen molar-refractivity contribution in [2.45, 2.75) is 58.8 Å². The molecular formula is C17H26O. The predicted octanol–water partition coefficient (Wildman–Crippen LogP) is 4.37. The summed E-state index contributed by atoms with van der Waals surface area (Å²) in [7, 11) is 0. The molecule has 4 unspecified atom stereocenters. The summed E-state index contributed by atoms with van der Waals surface area (Å²) < 4.78 is 0. The van der Waals surface area contributed by atoms with Gasteiger partial charge in [-0.15, -0.1) is 0 Å². The average Bonchev–Trinajstić information content (AvgIpc) is 2.33. The Morgan fingerprint density at radius 1 is 1.17 bits per heavy atom. The highest BCUT2D eigenvalue weighted by Gasteiger charge is 2.53. The Kier molecular flexibility index (Phi) is 2.91. The van der Waals surface area contributed by atoms with Gasteiger partial charge in [0.05, 0.1) is 0 Å². The Morgan fingerprint density at radius 2 is 1.94 bits per heavy atom. The van der Waals surface area contributed by atoms with Crippen LogP contribution in [0.5, 0.6) is 0 Å². The number of fused-ring (bicyclic) bond motifs is 3. The Morgan fingerprint density at radius 3 is 2.72 bits per heavy atom. The molecule has 0 aromatic rings. The summed E-state index contributed by atoms with van der Waals surface area (Å²) >= 11 is 0. The van der Waals surface area contributed by atoms with E-state index in [9.17, 15) is 4.79 Å². The van der Waals surface area contributed by atoms with E-state index in [2.05, 4.69) is 20.4 Å². The number of carbonyl (C=O) groups is 1. The van der Waals surface area contributed by atoms with Gasteiger partial charge in [0.1, 0.15) is 0 Å². The minimum atomic E-state index is 0.317. The first-order valence-corrected chi connectivity index (χ1v) is 7.76. The monoisotopic (exact) mass is 246 g/mol. The molecule has 3 aliphatic rings. The second-order valence-electron chi connectivity index (χ2n) is 7.28. The first kappa shape index (κ1) is 12.4. The minimum Gasteiger partial charge on any atom is -0.294 e. The molecule has 1 heteroatoms. The van der Waals surface area contributed by atoms with Crippen LogP contribution >= 0.6 is 0 Å². The lowest BCUT2D eigenvalue weighted by Gasteiger charge is -2.57. The maximum absolute atomic E-state index is 12.4. The molecule has 3 saturated carbocycles. The van der Waals surface area contributed by atoms with Gasteiger partial charge >= 0.3 is 0 Å². The van der Waals surface area contributed by atoms with Crippen LogP contribution in [-0.4, -0.2) is 5.78 Å². The fraction of sp³-hybridized carbons (Fsp3) is 0.824. The standard InChI is InChI=1S/C17H26O/c1-11-5-4-10-17(3)14(11)9-7-13-15(17)8-6-12(2)16(13)18/h11,13-15H,2,4-10H2,1,3H3/t11-,13?,14?,15?,17?/m0/s1. The van der Waals surface area contributed by atoms with E-state index in [1.807, 2.05) is 0 Å². The Bertz CT molecular complexity index is 383. The largest absolute Gasteiger partial charge is 0.294 e. The molecule has 3 fully saturated rings. The molecular weight excluding hydrogens is 220 g/mol. The van der Waals surface area contributed by atoms with Crippen LogP contribution in [-0.2, 0) is 4.79 Å². The molecule has 0 spiro atoms.